The van der Waals surface area contributed by atoms with E-state index in [1.807, 2.05) is 32.0 Å². The maximum Gasteiger partial charge on any atom is 0.0532 e. The largest absolute Gasteiger partial charge is 0.330 e. The lowest BCUT2D eigenvalue weighted by atomic mass is 10.2. The van der Waals surface area contributed by atoms with Gasteiger partial charge in [-0.25, -0.2) is 0 Å². The van der Waals surface area contributed by atoms with Crippen LogP contribution < -0.4 is 5.73 Å². The van der Waals surface area contributed by atoms with Gasteiger partial charge in [0.15, 0.2) is 0 Å². The van der Waals surface area contributed by atoms with Crippen LogP contribution in [0.3, 0.4) is 0 Å². The van der Waals surface area contributed by atoms with Crippen LogP contribution in [0.2, 0.25) is 0 Å². The average molecular weight is 211 g/mol. The fourth-order valence-electron chi connectivity index (χ4n) is 1.28. The van der Waals surface area contributed by atoms with Crippen LogP contribution in [0, 0.1) is 13.8 Å². The van der Waals surface area contributed by atoms with Crippen LogP contribution in [0.4, 0.5) is 0 Å². The van der Waals surface area contributed by atoms with E-state index in [-0.39, 0.29) is 0 Å². The van der Waals surface area contributed by atoms with Gasteiger partial charge in [0, 0.05) is 10.6 Å². The molecule has 0 aliphatic carbocycles. The van der Waals surface area contributed by atoms with Gasteiger partial charge in [0.1, 0.15) is 0 Å². The SMILES string of the molecule is Cc1ccc(C)c(S(=O)CCCN)c1. The van der Waals surface area contributed by atoms with Crippen molar-refractivity contribution in [2.24, 2.45) is 5.73 Å². The Kier molecular flexibility index (Phi) is 4.29. The van der Waals surface area contributed by atoms with Crippen molar-refractivity contribution in [2.75, 3.05) is 12.3 Å². The lowest BCUT2D eigenvalue weighted by Gasteiger charge is -2.06. The van der Waals surface area contributed by atoms with Gasteiger partial charge in [-0.3, -0.25) is 4.21 Å². The van der Waals surface area contributed by atoms with E-state index in [0.717, 1.165) is 22.4 Å². The molecule has 2 N–H and O–H groups in total. The van der Waals surface area contributed by atoms with Crippen LogP contribution in [0.15, 0.2) is 23.1 Å². The van der Waals surface area contributed by atoms with E-state index in [1.54, 1.807) is 0 Å². The second kappa shape index (κ2) is 5.27. The second-order valence-electron chi connectivity index (χ2n) is 3.46. The van der Waals surface area contributed by atoms with Crippen LogP contribution in [0.1, 0.15) is 17.5 Å². The van der Waals surface area contributed by atoms with Crippen molar-refractivity contribution in [3.63, 3.8) is 0 Å². The molecule has 2 nitrogen and oxygen atoms in total. The van der Waals surface area contributed by atoms with Crippen LogP contribution in [0.25, 0.3) is 0 Å². The van der Waals surface area contributed by atoms with E-state index in [1.165, 1.54) is 0 Å². The molecule has 14 heavy (non-hydrogen) atoms. The van der Waals surface area contributed by atoms with Gasteiger partial charge in [0.25, 0.3) is 0 Å². The molecular weight excluding hydrogens is 194 g/mol. The van der Waals surface area contributed by atoms with E-state index in [4.69, 9.17) is 5.73 Å². The number of aryl methyl sites for hydroxylation is 2. The highest BCUT2D eigenvalue weighted by atomic mass is 32.2. The standard InChI is InChI=1S/C11H17NOS/c1-9-4-5-10(2)11(8-9)14(13)7-3-6-12/h4-5,8H,3,6-7,12H2,1-2H3. The average Bonchev–Trinajstić information content (AvgIpc) is 2.18. The van der Waals surface area contributed by atoms with Crippen molar-refractivity contribution in [1.29, 1.82) is 0 Å². The fraction of sp³-hybridized carbons (Fsp3) is 0.455. The minimum absolute atomic E-state index is 0.608. The summed E-state index contributed by atoms with van der Waals surface area (Å²) >= 11 is 0. The summed E-state index contributed by atoms with van der Waals surface area (Å²) in [5.41, 5.74) is 7.65. The maximum atomic E-state index is 11.8. The van der Waals surface area contributed by atoms with Crippen molar-refractivity contribution >= 4 is 10.8 Å². The number of hydrogen-bond donors (Lipinski definition) is 1. The first-order chi connectivity index (χ1) is 6.65. The predicted octanol–water partition coefficient (Wildman–Crippen LogP) is 1.76. The van der Waals surface area contributed by atoms with Gasteiger partial charge in [-0.2, -0.15) is 0 Å². The Hall–Kier alpha value is -0.670. The molecule has 78 valence electrons. The maximum absolute atomic E-state index is 11.8. The number of hydrogen-bond acceptors (Lipinski definition) is 2. The summed E-state index contributed by atoms with van der Waals surface area (Å²) in [6.45, 7) is 4.62. The van der Waals surface area contributed by atoms with Gasteiger partial charge in [0.2, 0.25) is 0 Å². The molecule has 0 aliphatic rings. The Morgan fingerprint density at radius 2 is 2.07 bits per heavy atom. The summed E-state index contributed by atoms with van der Waals surface area (Å²) in [7, 11) is -0.885. The van der Waals surface area contributed by atoms with Gasteiger partial charge >= 0.3 is 0 Å². The summed E-state index contributed by atoms with van der Waals surface area (Å²) in [6, 6.07) is 6.06. The first kappa shape index (κ1) is 11.4. The Balaban J connectivity index is 2.83. The molecule has 1 rings (SSSR count). The minimum Gasteiger partial charge on any atom is -0.330 e. The highest BCUT2D eigenvalue weighted by Crippen LogP contribution is 2.15. The van der Waals surface area contributed by atoms with E-state index in [0.29, 0.717) is 12.3 Å². The third kappa shape index (κ3) is 2.93. The van der Waals surface area contributed by atoms with Gasteiger partial charge in [-0.15, -0.1) is 0 Å². The summed E-state index contributed by atoms with van der Waals surface area (Å²) < 4.78 is 11.8. The molecule has 3 heteroatoms. The molecule has 0 amide bonds. The smallest absolute Gasteiger partial charge is 0.0532 e. The van der Waals surface area contributed by atoms with Crippen LogP contribution in [-0.2, 0) is 10.8 Å². The molecule has 0 saturated carbocycles. The van der Waals surface area contributed by atoms with Crippen molar-refractivity contribution in [3.05, 3.63) is 29.3 Å². The molecule has 0 bridgehead atoms. The monoisotopic (exact) mass is 211 g/mol. The normalized spacial score (nSPS) is 12.8. The van der Waals surface area contributed by atoms with Crippen LogP contribution in [-0.4, -0.2) is 16.5 Å². The van der Waals surface area contributed by atoms with Crippen LogP contribution >= 0.6 is 0 Å². The zero-order valence-corrected chi connectivity index (χ0v) is 9.56. The Morgan fingerprint density at radius 3 is 2.71 bits per heavy atom. The van der Waals surface area contributed by atoms with Crippen molar-refractivity contribution < 1.29 is 4.21 Å². The van der Waals surface area contributed by atoms with E-state index in [9.17, 15) is 4.21 Å². The second-order valence-corrected chi connectivity index (χ2v) is 5.00. The molecule has 0 fully saturated rings. The number of rotatable bonds is 4. The van der Waals surface area contributed by atoms with Crippen molar-refractivity contribution in [1.82, 2.24) is 0 Å². The summed E-state index contributed by atoms with van der Waals surface area (Å²) in [4.78, 5) is 0.957. The summed E-state index contributed by atoms with van der Waals surface area (Å²) in [5.74, 6) is 0.667. The zero-order valence-electron chi connectivity index (χ0n) is 8.75. The molecule has 1 atom stereocenters. The molecule has 1 aromatic carbocycles. The van der Waals surface area contributed by atoms with Gasteiger partial charge in [-0.1, -0.05) is 12.1 Å². The third-order valence-corrected chi connectivity index (χ3v) is 3.71. The molecule has 1 unspecified atom stereocenters. The molecule has 0 spiro atoms. The molecule has 0 aliphatic heterocycles. The lowest BCUT2D eigenvalue weighted by molar-refractivity contribution is 0.680. The quantitative estimate of drug-likeness (QED) is 0.824. The lowest BCUT2D eigenvalue weighted by Crippen LogP contribution is -2.07. The van der Waals surface area contributed by atoms with E-state index < -0.39 is 10.8 Å². The van der Waals surface area contributed by atoms with Crippen molar-refractivity contribution in [2.45, 2.75) is 25.2 Å². The highest BCUT2D eigenvalue weighted by molar-refractivity contribution is 7.85. The molecule has 1 aromatic rings. The summed E-state index contributed by atoms with van der Waals surface area (Å²) in [6.07, 6.45) is 0.819. The Labute approximate surface area is 88.0 Å². The zero-order chi connectivity index (χ0) is 10.6. The molecule has 0 saturated heterocycles. The third-order valence-electron chi connectivity index (χ3n) is 2.12. The molecule has 0 radical (unpaired) electrons. The molecule has 0 aromatic heterocycles. The predicted molar refractivity (Wildman–Crippen MR) is 60.9 cm³/mol. The number of benzene rings is 1. The van der Waals surface area contributed by atoms with Gasteiger partial charge in [0.05, 0.1) is 10.8 Å². The molecular formula is C11H17NOS. The Morgan fingerprint density at radius 1 is 1.36 bits per heavy atom. The van der Waals surface area contributed by atoms with Gasteiger partial charge in [-0.05, 0) is 44.0 Å². The number of nitrogens with two attached hydrogens (primary N) is 1. The van der Waals surface area contributed by atoms with E-state index >= 15 is 0 Å². The first-order valence-corrected chi connectivity index (χ1v) is 6.12. The van der Waals surface area contributed by atoms with Crippen LogP contribution in [0.5, 0.6) is 0 Å². The Bertz CT molecular complexity index is 336. The fourth-order valence-corrected chi connectivity index (χ4v) is 2.67. The highest BCUT2D eigenvalue weighted by Gasteiger charge is 2.06. The van der Waals surface area contributed by atoms with Gasteiger partial charge < -0.3 is 5.73 Å². The summed E-state index contributed by atoms with van der Waals surface area (Å²) in [5, 5.41) is 0. The topological polar surface area (TPSA) is 43.1 Å². The van der Waals surface area contributed by atoms with Crippen molar-refractivity contribution in [3.8, 4) is 0 Å². The minimum atomic E-state index is -0.885. The van der Waals surface area contributed by atoms with E-state index in [2.05, 4.69) is 0 Å². The molecule has 0 heterocycles. The first-order valence-electron chi connectivity index (χ1n) is 4.81.